The molecule has 2 aromatic rings. The fraction of sp³-hybridized carbons (Fsp3) is 0.333. The lowest BCUT2D eigenvalue weighted by atomic mass is 10.1. The van der Waals surface area contributed by atoms with Crippen LogP contribution in [0.2, 0.25) is 0 Å². The third kappa shape index (κ3) is 3.40. The zero-order valence-corrected chi connectivity index (χ0v) is 12.5. The van der Waals surface area contributed by atoms with Crippen molar-refractivity contribution in [3.63, 3.8) is 0 Å². The first kappa shape index (κ1) is 14.0. The standard InChI is InChI=1S/C15H18N4OS/c16-12-6-8-19(9-7-12)15(20)18-14-17-10-13(21-14)11-4-2-1-3-5-11/h1-5,10,12H,6-9,16H2,(H,17,18,20). The van der Waals surface area contributed by atoms with Crippen LogP contribution in [0.15, 0.2) is 36.5 Å². The molecule has 1 fully saturated rings. The van der Waals surface area contributed by atoms with Crippen molar-refractivity contribution in [2.24, 2.45) is 5.73 Å². The molecule has 110 valence electrons. The lowest BCUT2D eigenvalue weighted by Gasteiger charge is -2.29. The number of likely N-dealkylation sites (tertiary alicyclic amines) is 1. The molecule has 1 aromatic heterocycles. The molecule has 3 N–H and O–H groups in total. The van der Waals surface area contributed by atoms with Crippen LogP contribution in [-0.4, -0.2) is 35.0 Å². The molecule has 0 saturated carbocycles. The fourth-order valence-electron chi connectivity index (χ4n) is 2.34. The molecule has 1 aromatic carbocycles. The lowest BCUT2D eigenvalue weighted by molar-refractivity contribution is 0.195. The summed E-state index contributed by atoms with van der Waals surface area (Å²) in [6.45, 7) is 1.42. The molecule has 5 nitrogen and oxygen atoms in total. The first-order valence-corrected chi connectivity index (χ1v) is 7.87. The molecule has 0 unspecified atom stereocenters. The van der Waals surface area contributed by atoms with Gasteiger partial charge in [-0.25, -0.2) is 9.78 Å². The Morgan fingerprint density at radius 3 is 2.71 bits per heavy atom. The van der Waals surface area contributed by atoms with Crippen LogP contribution in [0.4, 0.5) is 9.93 Å². The quantitative estimate of drug-likeness (QED) is 0.896. The summed E-state index contributed by atoms with van der Waals surface area (Å²) in [7, 11) is 0. The second kappa shape index (κ2) is 6.24. The van der Waals surface area contributed by atoms with Crippen LogP contribution < -0.4 is 11.1 Å². The number of hydrogen-bond donors (Lipinski definition) is 2. The van der Waals surface area contributed by atoms with Crippen LogP contribution >= 0.6 is 11.3 Å². The zero-order valence-electron chi connectivity index (χ0n) is 11.7. The average Bonchev–Trinajstić information content (AvgIpc) is 2.97. The Hall–Kier alpha value is -1.92. The van der Waals surface area contributed by atoms with Gasteiger partial charge in [-0.2, -0.15) is 0 Å². The van der Waals surface area contributed by atoms with Gasteiger partial charge in [-0.1, -0.05) is 41.7 Å². The van der Waals surface area contributed by atoms with Gasteiger partial charge in [0.2, 0.25) is 0 Å². The number of nitrogens with one attached hydrogen (secondary N) is 1. The molecule has 1 aliphatic heterocycles. The van der Waals surface area contributed by atoms with E-state index in [2.05, 4.69) is 10.3 Å². The Balaban J connectivity index is 1.63. The number of hydrogen-bond acceptors (Lipinski definition) is 4. The molecule has 2 heterocycles. The van der Waals surface area contributed by atoms with Crippen LogP contribution in [-0.2, 0) is 0 Å². The summed E-state index contributed by atoms with van der Waals surface area (Å²) in [4.78, 5) is 19.3. The summed E-state index contributed by atoms with van der Waals surface area (Å²) in [5, 5.41) is 3.50. The van der Waals surface area contributed by atoms with Gasteiger partial charge >= 0.3 is 6.03 Å². The number of nitrogens with zero attached hydrogens (tertiary/aromatic N) is 2. The minimum absolute atomic E-state index is 0.0872. The molecular weight excluding hydrogens is 284 g/mol. The topological polar surface area (TPSA) is 71.2 Å². The van der Waals surface area contributed by atoms with Gasteiger partial charge in [0.15, 0.2) is 5.13 Å². The number of carbonyl (C=O) groups excluding carboxylic acids is 1. The maximum atomic E-state index is 12.2. The maximum absolute atomic E-state index is 12.2. The highest BCUT2D eigenvalue weighted by atomic mass is 32.1. The van der Waals surface area contributed by atoms with Crippen LogP contribution in [0.5, 0.6) is 0 Å². The molecule has 3 rings (SSSR count). The largest absolute Gasteiger partial charge is 0.328 e. The van der Waals surface area contributed by atoms with Crippen molar-refractivity contribution < 1.29 is 4.79 Å². The average molecular weight is 302 g/mol. The zero-order chi connectivity index (χ0) is 14.7. The van der Waals surface area contributed by atoms with Crippen LogP contribution in [0.3, 0.4) is 0 Å². The second-order valence-corrected chi connectivity index (χ2v) is 6.18. The van der Waals surface area contributed by atoms with E-state index >= 15 is 0 Å². The van der Waals surface area contributed by atoms with E-state index in [1.807, 2.05) is 30.3 Å². The molecule has 0 bridgehead atoms. The number of amides is 2. The van der Waals surface area contributed by atoms with Crippen LogP contribution in [0, 0.1) is 0 Å². The third-order valence-corrected chi connectivity index (χ3v) is 4.57. The van der Waals surface area contributed by atoms with Crippen molar-refractivity contribution >= 4 is 22.5 Å². The fourth-order valence-corrected chi connectivity index (χ4v) is 3.15. The number of rotatable bonds is 2. The predicted octanol–water partition coefficient (Wildman–Crippen LogP) is 2.77. The van der Waals surface area contributed by atoms with Gasteiger partial charge in [-0.3, -0.25) is 5.32 Å². The Kier molecular flexibility index (Phi) is 4.17. The van der Waals surface area contributed by atoms with E-state index in [9.17, 15) is 4.79 Å². The van der Waals surface area contributed by atoms with Crippen molar-refractivity contribution in [2.75, 3.05) is 18.4 Å². The third-order valence-electron chi connectivity index (χ3n) is 3.60. The van der Waals surface area contributed by atoms with Gasteiger partial charge in [0.1, 0.15) is 0 Å². The van der Waals surface area contributed by atoms with Gasteiger partial charge in [-0.05, 0) is 18.4 Å². The number of urea groups is 1. The number of piperidine rings is 1. The van der Waals surface area contributed by atoms with Crippen molar-refractivity contribution in [3.05, 3.63) is 36.5 Å². The van der Waals surface area contributed by atoms with Crippen molar-refractivity contribution in [1.29, 1.82) is 0 Å². The van der Waals surface area contributed by atoms with Gasteiger partial charge in [0.25, 0.3) is 0 Å². The van der Waals surface area contributed by atoms with E-state index in [0.717, 1.165) is 23.3 Å². The summed E-state index contributed by atoms with van der Waals surface area (Å²) >= 11 is 1.48. The summed E-state index contributed by atoms with van der Waals surface area (Å²) in [6.07, 6.45) is 3.52. The maximum Gasteiger partial charge on any atom is 0.323 e. The smallest absolute Gasteiger partial charge is 0.323 e. The van der Waals surface area contributed by atoms with Gasteiger partial charge in [0, 0.05) is 25.3 Å². The van der Waals surface area contributed by atoms with E-state index in [0.29, 0.717) is 18.2 Å². The molecule has 6 heteroatoms. The highest BCUT2D eigenvalue weighted by molar-refractivity contribution is 7.19. The Morgan fingerprint density at radius 2 is 2.00 bits per heavy atom. The number of thiazole rings is 1. The second-order valence-electron chi connectivity index (χ2n) is 5.15. The minimum atomic E-state index is -0.0872. The lowest BCUT2D eigenvalue weighted by Crippen LogP contribution is -2.44. The Labute approximate surface area is 127 Å². The molecule has 2 amide bonds. The number of anilines is 1. The summed E-state index contributed by atoms with van der Waals surface area (Å²) < 4.78 is 0. The molecular formula is C15H18N4OS. The molecule has 0 aliphatic carbocycles. The van der Waals surface area contributed by atoms with E-state index in [1.165, 1.54) is 11.3 Å². The van der Waals surface area contributed by atoms with Gasteiger partial charge in [0.05, 0.1) is 4.88 Å². The van der Waals surface area contributed by atoms with Crippen molar-refractivity contribution in [3.8, 4) is 10.4 Å². The van der Waals surface area contributed by atoms with Crippen molar-refractivity contribution in [1.82, 2.24) is 9.88 Å². The minimum Gasteiger partial charge on any atom is -0.328 e. The van der Waals surface area contributed by atoms with Gasteiger partial charge in [-0.15, -0.1) is 0 Å². The molecule has 0 atom stereocenters. The molecule has 0 radical (unpaired) electrons. The number of nitrogens with two attached hydrogens (primary N) is 1. The highest BCUT2D eigenvalue weighted by Crippen LogP contribution is 2.28. The predicted molar refractivity (Wildman–Crippen MR) is 85.4 cm³/mol. The van der Waals surface area contributed by atoms with Crippen LogP contribution in [0.1, 0.15) is 12.8 Å². The Morgan fingerprint density at radius 1 is 1.29 bits per heavy atom. The first-order valence-electron chi connectivity index (χ1n) is 7.05. The molecule has 21 heavy (non-hydrogen) atoms. The molecule has 0 spiro atoms. The monoisotopic (exact) mass is 302 g/mol. The summed E-state index contributed by atoms with van der Waals surface area (Å²) in [6, 6.07) is 10.2. The van der Waals surface area contributed by atoms with Crippen LogP contribution in [0.25, 0.3) is 10.4 Å². The van der Waals surface area contributed by atoms with E-state index in [1.54, 1.807) is 11.1 Å². The normalized spacial score (nSPS) is 16.0. The van der Waals surface area contributed by atoms with E-state index < -0.39 is 0 Å². The number of benzene rings is 1. The highest BCUT2D eigenvalue weighted by Gasteiger charge is 2.21. The Bertz CT molecular complexity index is 605. The molecule has 1 aliphatic rings. The molecule has 1 saturated heterocycles. The van der Waals surface area contributed by atoms with Crippen molar-refractivity contribution in [2.45, 2.75) is 18.9 Å². The number of carbonyl (C=O) groups is 1. The van der Waals surface area contributed by atoms with E-state index in [-0.39, 0.29) is 12.1 Å². The number of aromatic nitrogens is 1. The first-order chi connectivity index (χ1) is 10.2. The summed E-state index contributed by atoms with van der Waals surface area (Å²) in [5.74, 6) is 0. The van der Waals surface area contributed by atoms with E-state index in [4.69, 9.17) is 5.73 Å². The summed E-state index contributed by atoms with van der Waals surface area (Å²) in [5.41, 5.74) is 6.96. The van der Waals surface area contributed by atoms with Gasteiger partial charge < -0.3 is 10.6 Å². The SMILES string of the molecule is NC1CCN(C(=O)Nc2ncc(-c3ccccc3)s2)CC1.